The molecule has 11 nitrogen and oxygen atoms in total. The second kappa shape index (κ2) is 13.5. The van der Waals surface area contributed by atoms with Gasteiger partial charge in [-0.15, -0.1) is 0 Å². The van der Waals surface area contributed by atoms with Gasteiger partial charge in [-0.3, -0.25) is 19.2 Å². The van der Waals surface area contributed by atoms with Crippen molar-refractivity contribution in [1.29, 1.82) is 0 Å². The Morgan fingerprint density at radius 2 is 1.69 bits per heavy atom. The fourth-order valence-corrected chi connectivity index (χ4v) is 5.41. The van der Waals surface area contributed by atoms with E-state index in [4.69, 9.17) is 21.1 Å². The lowest BCUT2D eigenvalue weighted by atomic mass is 10.0. The lowest BCUT2D eigenvalue weighted by Crippen LogP contribution is -2.57. The third-order valence-electron chi connectivity index (χ3n) is 7.73. The number of amides is 4. The molecule has 6 rings (SSSR count). The molecular weight excluding hydrogens is 600 g/mol. The zero-order valence-electron chi connectivity index (χ0n) is 25.1. The molecule has 0 unspecified atom stereocenters. The number of halogens is 1. The zero-order valence-corrected chi connectivity index (χ0v) is 25.9. The average molecular weight is 635 g/mol. The molecule has 3 aromatic carbocycles. The van der Waals surface area contributed by atoms with Crippen LogP contribution in [0.4, 0.5) is 0 Å². The number of aromatic hydroxyl groups is 1. The maximum Gasteiger partial charge on any atom is 0.255 e. The van der Waals surface area contributed by atoms with Crippen LogP contribution in [0, 0.1) is 5.92 Å². The number of hydrogen-bond acceptors (Lipinski definition) is 7. The van der Waals surface area contributed by atoms with Crippen molar-refractivity contribution in [2.75, 3.05) is 13.2 Å². The van der Waals surface area contributed by atoms with E-state index in [0.29, 0.717) is 28.8 Å². The first-order valence-corrected chi connectivity index (χ1v) is 15.1. The maximum absolute atomic E-state index is 14.0. The minimum atomic E-state index is -1.04. The Kier molecular flexibility index (Phi) is 9.48. The molecule has 236 valence electrons. The SMILES string of the molecule is CC(C)[C@@H]1NC(=O)c2cc(ccc2O)Oc2ccc(cc2)C[C@H](C(=O)N2CCOc3ccc(Cl)cc3C2)NC(=O)[C@H](C)NC1=O. The first-order chi connectivity index (χ1) is 21.5. The molecule has 0 fully saturated rings. The van der Waals surface area contributed by atoms with Crippen LogP contribution in [0.15, 0.2) is 60.7 Å². The van der Waals surface area contributed by atoms with E-state index in [0.717, 1.165) is 11.1 Å². The number of phenolic OH excluding ortho intramolecular Hbond substituents is 1. The summed E-state index contributed by atoms with van der Waals surface area (Å²) in [7, 11) is 0. The van der Waals surface area contributed by atoms with Crippen molar-refractivity contribution >= 4 is 35.2 Å². The summed E-state index contributed by atoms with van der Waals surface area (Å²) in [5, 5.41) is 19.0. The smallest absolute Gasteiger partial charge is 0.255 e. The van der Waals surface area contributed by atoms with Gasteiger partial charge in [0, 0.05) is 23.6 Å². The number of ether oxygens (including phenoxy) is 2. The second-order valence-corrected chi connectivity index (χ2v) is 11.9. The van der Waals surface area contributed by atoms with Crippen LogP contribution >= 0.6 is 11.6 Å². The Morgan fingerprint density at radius 3 is 2.42 bits per heavy atom. The van der Waals surface area contributed by atoms with Crippen LogP contribution in [0.3, 0.4) is 0 Å². The van der Waals surface area contributed by atoms with Crippen molar-refractivity contribution in [3.05, 3.63) is 82.4 Å². The van der Waals surface area contributed by atoms with Crippen molar-refractivity contribution in [3.8, 4) is 23.0 Å². The van der Waals surface area contributed by atoms with E-state index in [2.05, 4.69) is 16.0 Å². The topological polar surface area (TPSA) is 146 Å². The molecule has 0 saturated carbocycles. The number of phenols is 1. The van der Waals surface area contributed by atoms with Crippen molar-refractivity contribution in [2.24, 2.45) is 5.92 Å². The van der Waals surface area contributed by atoms with Crippen molar-refractivity contribution in [2.45, 2.75) is 51.9 Å². The Balaban J connectivity index is 1.47. The van der Waals surface area contributed by atoms with Crippen molar-refractivity contribution in [3.63, 3.8) is 0 Å². The van der Waals surface area contributed by atoms with Gasteiger partial charge >= 0.3 is 0 Å². The number of nitrogens with zero attached hydrogens (tertiary/aromatic N) is 1. The number of benzene rings is 3. The molecule has 0 aromatic heterocycles. The Morgan fingerprint density at radius 1 is 0.956 bits per heavy atom. The third-order valence-corrected chi connectivity index (χ3v) is 7.96. The molecule has 12 heteroatoms. The van der Waals surface area contributed by atoms with E-state index in [1.54, 1.807) is 61.2 Å². The normalized spacial score (nSPS) is 20.8. The van der Waals surface area contributed by atoms with E-state index in [9.17, 15) is 24.3 Å². The van der Waals surface area contributed by atoms with Crippen LogP contribution in [-0.4, -0.2) is 64.9 Å². The first kappa shape index (κ1) is 31.6. The van der Waals surface area contributed by atoms with Gasteiger partial charge in [0.2, 0.25) is 17.7 Å². The summed E-state index contributed by atoms with van der Waals surface area (Å²) in [5.74, 6) is -1.41. The van der Waals surface area contributed by atoms with Gasteiger partial charge in [-0.05, 0) is 66.9 Å². The maximum atomic E-state index is 14.0. The predicted molar refractivity (Wildman–Crippen MR) is 166 cm³/mol. The van der Waals surface area contributed by atoms with Gasteiger partial charge in [-0.25, -0.2) is 0 Å². The molecule has 3 atom stereocenters. The van der Waals surface area contributed by atoms with Crippen LogP contribution in [0.5, 0.6) is 23.0 Å². The van der Waals surface area contributed by atoms with Gasteiger partial charge < -0.3 is 35.4 Å². The highest BCUT2D eigenvalue weighted by Gasteiger charge is 2.32. The summed E-state index contributed by atoms with van der Waals surface area (Å²) in [5.41, 5.74) is 1.43. The predicted octanol–water partition coefficient (Wildman–Crippen LogP) is 3.56. The van der Waals surface area contributed by atoms with E-state index in [1.165, 1.54) is 25.1 Å². The summed E-state index contributed by atoms with van der Waals surface area (Å²) < 4.78 is 11.8. The molecule has 3 aromatic rings. The second-order valence-electron chi connectivity index (χ2n) is 11.5. The van der Waals surface area contributed by atoms with E-state index < -0.39 is 35.8 Å². The van der Waals surface area contributed by atoms with Crippen LogP contribution in [0.25, 0.3) is 0 Å². The van der Waals surface area contributed by atoms with E-state index >= 15 is 0 Å². The summed E-state index contributed by atoms with van der Waals surface area (Å²) in [6.07, 6.45) is 0.166. The van der Waals surface area contributed by atoms with Gasteiger partial charge in [0.05, 0.1) is 12.1 Å². The molecule has 4 amide bonds. The Hall–Kier alpha value is -4.77. The molecule has 4 N–H and O–H groups in total. The molecular formula is C33H35ClN4O7. The number of carbonyl (C=O) groups is 4. The monoisotopic (exact) mass is 634 g/mol. The summed E-state index contributed by atoms with van der Waals surface area (Å²) >= 11 is 6.21. The lowest BCUT2D eigenvalue weighted by Gasteiger charge is -2.28. The number of fused-ring (bicyclic) bond motifs is 12. The lowest BCUT2D eigenvalue weighted by molar-refractivity contribution is -0.138. The number of hydrogen-bond donors (Lipinski definition) is 4. The minimum Gasteiger partial charge on any atom is -0.507 e. The van der Waals surface area contributed by atoms with Gasteiger partial charge in [0.25, 0.3) is 5.91 Å². The zero-order chi connectivity index (χ0) is 32.2. The molecule has 0 aliphatic carbocycles. The number of rotatable bonds is 2. The Bertz CT molecular complexity index is 1610. The highest BCUT2D eigenvalue weighted by Crippen LogP contribution is 2.29. The molecule has 0 radical (unpaired) electrons. The summed E-state index contributed by atoms with van der Waals surface area (Å²) in [6, 6.07) is 13.4. The summed E-state index contributed by atoms with van der Waals surface area (Å²) in [6.45, 7) is 5.79. The molecule has 0 saturated heterocycles. The van der Waals surface area contributed by atoms with Crippen molar-refractivity contribution < 1.29 is 33.8 Å². The molecule has 3 heterocycles. The molecule has 45 heavy (non-hydrogen) atoms. The van der Waals surface area contributed by atoms with Gasteiger partial charge in [0.15, 0.2) is 0 Å². The average Bonchev–Trinajstić information content (AvgIpc) is 3.22. The minimum absolute atomic E-state index is 0.0698. The highest BCUT2D eigenvalue weighted by molar-refractivity contribution is 6.30. The van der Waals surface area contributed by atoms with E-state index in [1.807, 2.05) is 0 Å². The fourth-order valence-electron chi connectivity index (χ4n) is 5.22. The molecule has 0 spiro atoms. The van der Waals surface area contributed by atoms with Crippen LogP contribution in [0.1, 0.15) is 42.3 Å². The molecule has 3 aliphatic rings. The van der Waals surface area contributed by atoms with Gasteiger partial charge in [-0.1, -0.05) is 37.6 Å². The third kappa shape index (κ3) is 7.49. The van der Waals surface area contributed by atoms with Gasteiger partial charge in [0.1, 0.15) is 47.7 Å². The van der Waals surface area contributed by atoms with Crippen LogP contribution < -0.4 is 25.4 Å². The first-order valence-electron chi connectivity index (χ1n) is 14.7. The largest absolute Gasteiger partial charge is 0.507 e. The quantitative estimate of drug-likeness (QED) is 0.315. The fraction of sp³-hybridized carbons (Fsp3) is 0.333. The van der Waals surface area contributed by atoms with Crippen molar-refractivity contribution in [1.82, 2.24) is 20.9 Å². The number of carbonyl (C=O) groups excluding carboxylic acids is 4. The standard InChI is InChI=1S/C33H35ClN4O7/c1-18(2)29-32(42)35-19(3)30(40)36-26(33(43)38-12-13-44-28-11-6-22(34)15-21(28)17-38)14-20-4-7-23(8-5-20)45-24-9-10-27(39)25(16-24)31(41)37-29/h4-11,15-16,18-19,26,29,39H,12-14,17H2,1-3H3,(H,35,42)(H,36,40)(H,37,41)/t19-,26+,29-/m0/s1. The number of nitrogens with one attached hydrogen (secondary N) is 3. The van der Waals surface area contributed by atoms with Crippen LogP contribution in [-0.2, 0) is 27.3 Å². The van der Waals surface area contributed by atoms with E-state index in [-0.39, 0.29) is 42.7 Å². The molecule has 4 bridgehead atoms. The molecule has 3 aliphatic heterocycles. The van der Waals surface area contributed by atoms with Gasteiger partial charge in [-0.2, -0.15) is 0 Å². The summed E-state index contributed by atoms with van der Waals surface area (Å²) in [4.78, 5) is 55.5. The Labute approximate surface area is 265 Å². The van der Waals surface area contributed by atoms with Crippen LogP contribution in [0.2, 0.25) is 5.02 Å². The highest BCUT2D eigenvalue weighted by atomic mass is 35.5.